The zero-order valence-electron chi connectivity index (χ0n) is 21.6. The second-order valence-corrected chi connectivity index (χ2v) is 9.12. The molecular weight excluding hydrogens is 482 g/mol. The lowest BCUT2D eigenvalue weighted by molar-refractivity contribution is -0.153. The van der Waals surface area contributed by atoms with Crippen LogP contribution in [-0.4, -0.2) is 48.3 Å². The molecule has 2 atom stereocenters. The SMILES string of the molecule is CCOC(=O)C1C(=O)N(CCCOC)c2nc3ccccc3n2C1c1ccc(OCc2ccccc2)cc1. The summed E-state index contributed by atoms with van der Waals surface area (Å²) >= 11 is 0. The molecule has 8 nitrogen and oxygen atoms in total. The topological polar surface area (TPSA) is 82.9 Å². The molecule has 0 N–H and O–H groups in total. The molecule has 1 aliphatic rings. The van der Waals surface area contributed by atoms with Gasteiger partial charge in [-0.05, 0) is 48.7 Å². The number of hydrogen-bond acceptors (Lipinski definition) is 6. The fourth-order valence-corrected chi connectivity index (χ4v) is 4.93. The van der Waals surface area contributed by atoms with Gasteiger partial charge in [0.05, 0.1) is 23.7 Å². The Balaban J connectivity index is 1.55. The molecule has 0 fully saturated rings. The predicted molar refractivity (Wildman–Crippen MR) is 144 cm³/mol. The molecule has 8 heteroatoms. The third-order valence-electron chi connectivity index (χ3n) is 6.69. The van der Waals surface area contributed by atoms with Crippen molar-refractivity contribution in [1.82, 2.24) is 9.55 Å². The van der Waals surface area contributed by atoms with E-state index >= 15 is 0 Å². The summed E-state index contributed by atoms with van der Waals surface area (Å²) in [4.78, 5) is 33.6. The van der Waals surface area contributed by atoms with Crippen molar-refractivity contribution in [3.63, 3.8) is 0 Å². The molecule has 1 amide bonds. The van der Waals surface area contributed by atoms with Gasteiger partial charge in [0, 0.05) is 20.3 Å². The molecule has 0 saturated heterocycles. The highest BCUT2D eigenvalue weighted by molar-refractivity contribution is 6.08. The van der Waals surface area contributed by atoms with Crippen LogP contribution in [-0.2, 0) is 25.7 Å². The number of aromatic nitrogens is 2. The smallest absolute Gasteiger partial charge is 0.321 e. The largest absolute Gasteiger partial charge is 0.489 e. The monoisotopic (exact) mass is 513 g/mol. The molecule has 0 aliphatic carbocycles. The summed E-state index contributed by atoms with van der Waals surface area (Å²) in [7, 11) is 1.62. The first-order valence-corrected chi connectivity index (χ1v) is 12.8. The first kappa shape index (κ1) is 25.5. The van der Waals surface area contributed by atoms with E-state index in [-0.39, 0.29) is 12.5 Å². The first-order chi connectivity index (χ1) is 18.6. The highest BCUT2D eigenvalue weighted by Crippen LogP contribution is 2.41. The van der Waals surface area contributed by atoms with Gasteiger partial charge in [-0.3, -0.25) is 14.5 Å². The Morgan fingerprint density at radius 2 is 1.71 bits per heavy atom. The molecule has 38 heavy (non-hydrogen) atoms. The number of hydrogen-bond donors (Lipinski definition) is 0. The lowest BCUT2D eigenvalue weighted by Crippen LogP contribution is -2.50. The lowest BCUT2D eigenvalue weighted by Gasteiger charge is -2.38. The van der Waals surface area contributed by atoms with Crippen molar-refractivity contribution >= 4 is 28.9 Å². The summed E-state index contributed by atoms with van der Waals surface area (Å²) < 4.78 is 18.6. The van der Waals surface area contributed by atoms with Crippen LogP contribution in [0, 0.1) is 5.92 Å². The quantitative estimate of drug-likeness (QED) is 0.173. The minimum Gasteiger partial charge on any atom is -0.489 e. The van der Waals surface area contributed by atoms with E-state index in [1.807, 2.05) is 83.4 Å². The fourth-order valence-electron chi connectivity index (χ4n) is 4.93. The van der Waals surface area contributed by atoms with E-state index in [4.69, 9.17) is 19.2 Å². The Hall–Kier alpha value is -4.17. The van der Waals surface area contributed by atoms with Gasteiger partial charge in [0.15, 0.2) is 5.92 Å². The minimum absolute atomic E-state index is 0.183. The Kier molecular flexibility index (Phi) is 7.70. The predicted octanol–water partition coefficient (Wildman–Crippen LogP) is 4.77. The summed E-state index contributed by atoms with van der Waals surface area (Å²) in [6.45, 7) is 3.24. The van der Waals surface area contributed by atoms with Gasteiger partial charge in [-0.15, -0.1) is 0 Å². The van der Waals surface area contributed by atoms with E-state index in [9.17, 15) is 9.59 Å². The number of para-hydroxylation sites is 2. The van der Waals surface area contributed by atoms with Gasteiger partial charge >= 0.3 is 5.97 Å². The fraction of sp³-hybridized carbons (Fsp3) is 0.300. The van der Waals surface area contributed by atoms with Crippen LogP contribution >= 0.6 is 0 Å². The molecular formula is C30H31N3O5. The van der Waals surface area contributed by atoms with Crippen LogP contribution in [0.4, 0.5) is 5.95 Å². The molecule has 4 aromatic rings. The van der Waals surface area contributed by atoms with Gasteiger partial charge in [0.2, 0.25) is 11.9 Å². The molecule has 196 valence electrons. The van der Waals surface area contributed by atoms with Gasteiger partial charge in [0.25, 0.3) is 0 Å². The maximum atomic E-state index is 13.9. The Labute approximate surface area is 221 Å². The van der Waals surface area contributed by atoms with Gasteiger partial charge < -0.3 is 18.8 Å². The normalized spacial score (nSPS) is 16.9. The number of benzene rings is 3. The summed E-state index contributed by atoms with van der Waals surface area (Å²) in [5.41, 5.74) is 3.46. The van der Waals surface area contributed by atoms with Crippen molar-refractivity contribution in [3.8, 4) is 5.75 Å². The second kappa shape index (κ2) is 11.5. The molecule has 2 unspecified atom stereocenters. The average molecular weight is 514 g/mol. The Morgan fingerprint density at radius 1 is 0.974 bits per heavy atom. The van der Waals surface area contributed by atoms with Gasteiger partial charge in [-0.2, -0.15) is 0 Å². The van der Waals surface area contributed by atoms with E-state index in [1.165, 1.54) is 0 Å². The zero-order valence-corrected chi connectivity index (χ0v) is 21.6. The van der Waals surface area contributed by atoms with Gasteiger partial charge in [0.1, 0.15) is 12.4 Å². The van der Waals surface area contributed by atoms with E-state index in [2.05, 4.69) is 0 Å². The summed E-state index contributed by atoms with van der Waals surface area (Å²) in [6.07, 6.45) is 0.610. The number of amides is 1. The molecule has 1 aromatic heterocycles. The molecule has 0 spiro atoms. The number of carbonyl (C=O) groups excluding carboxylic acids is 2. The van der Waals surface area contributed by atoms with Crippen molar-refractivity contribution in [2.24, 2.45) is 5.92 Å². The third kappa shape index (κ3) is 4.99. The number of nitrogens with zero attached hydrogens (tertiary/aromatic N) is 3. The lowest BCUT2D eigenvalue weighted by atomic mass is 9.89. The van der Waals surface area contributed by atoms with Gasteiger partial charge in [-0.1, -0.05) is 54.6 Å². The van der Waals surface area contributed by atoms with Crippen molar-refractivity contribution in [1.29, 1.82) is 0 Å². The Morgan fingerprint density at radius 3 is 2.45 bits per heavy atom. The Bertz CT molecular complexity index is 1400. The molecule has 0 bridgehead atoms. The van der Waals surface area contributed by atoms with Crippen LogP contribution in [0.3, 0.4) is 0 Å². The minimum atomic E-state index is -1.06. The summed E-state index contributed by atoms with van der Waals surface area (Å²) in [5, 5.41) is 0. The van der Waals surface area contributed by atoms with E-state index in [1.54, 1.807) is 18.9 Å². The number of anilines is 1. The maximum absolute atomic E-state index is 13.9. The average Bonchev–Trinajstić information content (AvgIpc) is 3.33. The standard InChI is InChI=1S/C30H31N3O5/c1-3-37-29(35)26-27(22-14-16-23(17-15-22)38-20-21-10-5-4-6-11-21)33-25-13-8-7-12-24(25)31-30(33)32(28(26)34)18-9-19-36-2/h4-8,10-17,26-27H,3,9,18-20H2,1-2H3. The number of rotatable bonds is 10. The van der Waals surface area contributed by atoms with Crippen molar-refractivity contribution in [2.75, 3.05) is 31.8 Å². The number of fused-ring (bicyclic) bond motifs is 3. The maximum Gasteiger partial charge on any atom is 0.321 e. The van der Waals surface area contributed by atoms with Crippen molar-refractivity contribution in [3.05, 3.63) is 90.0 Å². The van der Waals surface area contributed by atoms with E-state index < -0.39 is 17.9 Å². The number of ether oxygens (including phenoxy) is 3. The molecule has 0 radical (unpaired) electrons. The number of carbonyl (C=O) groups is 2. The first-order valence-electron chi connectivity index (χ1n) is 12.8. The molecule has 3 aromatic carbocycles. The summed E-state index contributed by atoms with van der Waals surface area (Å²) in [6, 6.07) is 24.6. The van der Waals surface area contributed by atoms with E-state index in [0.29, 0.717) is 37.9 Å². The zero-order chi connectivity index (χ0) is 26.5. The van der Waals surface area contributed by atoms with Crippen LogP contribution in [0.5, 0.6) is 5.75 Å². The van der Waals surface area contributed by atoms with Crippen LogP contribution in [0.1, 0.15) is 30.5 Å². The highest BCUT2D eigenvalue weighted by Gasteiger charge is 2.47. The summed E-state index contributed by atoms with van der Waals surface area (Å²) in [5.74, 6) is -0.714. The molecule has 1 aliphatic heterocycles. The second-order valence-electron chi connectivity index (χ2n) is 9.12. The molecule has 2 heterocycles. The molecule has 0 saturated carbocycles. The van der Waals surface area contributed by atoms with Crippen LogP contribution in [0.15, 0.2) is 78.9 Å². The van der Waals surface area contributed by atoms with Crippen LogP contribution < -0.4 is 9.64 Å². The number of esters is 1. The highest BCUT2D eigenvalue weighted by atomic mass is 16.5. The van der Waals surface area contributed by atoms with Crippen molar-refractivity contribution < 1.29 is 23.8 Å². The van der Waals surface area contributed by atoms with Crippen LogP contribution in [0.2, 0.25) is 0 Å². The number of methoxy groups -OCH3 is 1. The van der Waals surface area contributed by atoms with E-state index in [0.717, 1.165) is 22.2 Å². The van der Waals surface area contributed by atoms with Gasteiger partial charge in [-0.25, -0.2) is 4.98 Å². The van der Waals surface area contributed by atoms with Crippen LogP contribution in [0.25, 0.3) is 11.0 Å². The third-order valence-corrected chi connectivity index (χ3v) is 6.69. The van der Waals surface area contributed by atoms with Crippen molar-refractivity contribution in [2.45, 2.75) is 26.0 Å². The molecule has 5 rings (SSSR count). The number of imidazole rings is 1.